The first kappa shape index (κ1) is 14.6. The molecule has 0 spiro atoms. The van der Waals surface area contributed by atoms with Gasteiger partial charge in [0.15, 0.2) is 0 Å². The van der Waals surface area contributed by atoms with E-state index in [2.05, 4.69) is 5.10 Å². The van der Waals surface area contributed by atoms with Crippen LogP contribution in [0.25, 0.3) is 0 Å². The van der Waals surface area contributed by atoms with Crippen LogP contribution >= 0.6 is 0 Å². The second-order valence-electron chi connectivity index (χ2n) is 3.01. The summed E-state index contributed by atoms with van der Waals surface area (Å²) in [5.41, 5.74) is 5.75. The molecular weight excluding hydrogens is 322 g/mol. The zero-order valence-corrected chi connectivity index (χ0v) is 11.1. The minimum Gasteiger partial charge on any atom is -1.00 e. The fraction of sp³-hybridized carbons (Fsp3) is 0.200. The van der Waals surface area contributed by atoms with Crippen molar-refractivity contribution in [2.45, 2.75) is 6.92 Å². The minimum atomic E-state index is -0.563. The second-order valence-corrected chi connectivity index (χ2v) is 3.01. The van der Waals surface area contributed by atoms with Crippen LogP contribution in [0.3, 0.4) is 0 Å². The van der Waals surface area contributed by atoms with Gasteiger partial charge in [0.05, 0.1) is 5.69 Å². The Morgan fingerprint density at radius 1 is 1.56 bits per heavy atom. The number of hydrazone groups is 1. The summed E-state index contributed by atoms with van der Waals surface area (Å²) in [5, 5.41) is 14.1. The van der Waals surface area contributed by atoms with Crippen LogP contribution in [0.2, 0.25) is 0 Å². The molecule has 0 bridgehead atoms. The highest BCUT2D eigenvalue weighted by Gasteiger charge is 2.10. The molecule has 0 saturated carbocycles. The lowest BCUT2D eigenvalue weighted by Gasteiger charge is -2.14. The van der Waals surface area contributed by atoms with Crippen molar-refractivity contribution < 1.29 is 28.4 Å². The van der Waals surface area contributed by atoms with E-state index in [0.717, 1.165) is 0 Å². The van der Waals surface area contributed by atoms with E-state index < -0.39 is 5.82 Å². The van der Waals surface area contributed by atoms with Gasteiger partial charge in [0.25, 0.3) is 0 Å². The molecule has 0 atom stereocenters. The van der Waals surface area contributed by atoms with Crippen LogP contribution in [0.4, 0.5) is 10.1 Å². The summed E-state index contributed by atoms with van der Waals surface area (Å²) in [7, 11) is 1.60. The second kappa shape index (κ2) is 6.27. The van der Waals surface area contributed by atoms with Crippen molar-refractivity contribution >= 4 is 11.5 Å². The van der Waals surface area contributed by atoms with Gasteiger partial charge in [-0.3, -0.25) is 5.01 Å². The van der Waals surface area contributed by atoms with Crippen molar-refractivity contribution in [1.29, 1.82) is 5.26 Å². The molecule has 16 heavy (non-hydrogen) atoms. The standard InChI is InChI=1S/C10H11FN4.HI/c1-7(13)14-15(2)10-5-3-4-9(11)8(10)6-12;/h3-5H,1-2H3,(H2,13,14);1H/p-1. The first-order valence-corrected chi connectivity index (χ1v) is 4.29. The van der Waals surface area contributed by atoms with Gasteiger partial charge in [-0.2, -0.15) is 10.4 Å². The molecule has 0 saturated heterocycles. The first-order valence-electron chi connectivity index (χ1n) is 4.29. The van der Waals surface area contributed by atoms with Crippen molar-refractivity contribution in [2.24, 2.45) is 10.8 Å². The van der Waals surface area contributed by atoms with Gasteiger partial charge >= 0.3 is 0 Å². The third-order valence-corrected chi connectivity index (χ3v) is 1.76. The first-order chi connectivity index (χ1) is 7.06. The Labute approximate surface area is 111 Å². The van der Waals surface area contributed by atoms with E-state index in [0.29, 0.717) is 11.5 Å². The van der Waals surface area contributed by atoms with E-state index in [1.165, 1.54) is 17.1 Å². The van der Waals surface area contributed by atoms with E-state index in [4.69, 9.17) is 11.0 Å². The molecule has 0 aromatic heterocycles. The van der Waals surface area contributed by atoms with E-state index >= 15 is 0 Å². The van der Waals surface area contributed by atoms with Crippen LogP contribution in [0.15, 0.2) is 23.3 Å². The molecule has 2 N–H and O–H groups in total. The van der Waals surface area contributed by atoms with Crippen LogP contribution in [0.1, 0.15) is 12.5 Å². The molecule has 86 valence electrons. The molecular formula is C10H11FIN4-. The summed E-state index contributed by atoms with van der Waals surface area (Å²) in [4.78, 5) is 0. The molecule has 0 unspecified atom stereocenters. The lowest BCUT2D eigenvalue weighted by Crippen LogP contribution is -3.00. The van der Waals surface area contributed by atoms with Crippen molar-refractivity contribution in [2.75, 3.05) is 12.1 Å². The number of rotatable bonds is 2. The summed E-state index contributed by atoms with van der Waals surface area (Å²) in [5.74, 6) is -0.225. The quantitative estimate of drug-likeness (QED) is 0.308. The van der Waals surface area contributed by atoms with E-state index in [1.807, 2.05) is 0 Å². The van der Waals surface area contributed by atoms with Gasteiger partial charge in [0.2, 0.25) is 0 Å². The molecule has 0 aliphatic heterocycles. The third-order valence-electron chi connectivity index (χ3n) is 1.76. The third kappa shape index (κ3) is 3.34. The Morgan fingerprint density at radius 2 is 2.19 bits per heavy atom. The molecule has 0 heterocycles. The average Bonchev–Trinajstić information content (AvgIpc) is 2.16. The molecule has 1 rings (SSSR count). The van der Waals surface area contributed by atoms with Crippen molar-refractivity contribution in [1.82, 2.24) is 0 Å². The number of anilines is 1. The lowest BCUT2D eigenvalue weighted by atomic mass is 10.2. The molecule has 1 aromatic rings. The zero-order valence-electron chi connectivity index (χ0n) is 8.91. The van der Waals surface area contributed by atoms with Crippen molar-refractivity contribution in [3.8, 4) is 6.07 Å². The Balaban J connectivity index is 0.00000225. The Hall–Kier alpha value is -1.36. The highest BCUT2D eigenvalue weighted by Crippen LogP contribution is 2.21. The number of hydrogen-bond donors (Lipinski definition) is 1. The van der Waals surface area contributed by atoms with Crippen LogP contribution < -0.4 is 34.7 Å². The molecule has 4 nitrogen and oxygen atoms in total. The highest BCUT2D eigenvalue weighted by atomic mass is 127. The highest BCUT2D eigenvalue weighted by molar-refractivity contribution is 5.78. The van der Waals surface area contributed by atoms with Crippen molar-refractivity contribution in [3.63, 3.8) is 0 Å². The monoisotopic (exact) mass is 333 g/mol. The van der Waals surface area contributed by atoms with Gasteiger partial charge in [-0.25, -0.2) is 4.39 Å². The maximum atomic E-state index is 13.2. The predicted molar refractivity (Wildman–Crippen MR) is 56.8 cm³/mol. The summed E-state index contributed by atoms with van der Waals surface area (Å²) < 4.78 is 13.2. The SMILES string of the molecule is C/C(N)=N\N(C)c1cccc(F)c1C#N.[I-]. The summed E-state index contributed by atoms with van der Waals surface area (Å²) >= 11 is 0. The molecule has 0 radical (unpaired) electrons. The summed E-state index contributed by atoms with van der Waals surface area (Å²) in [6, 6.07) is 6.14. The number of nitriles is 1. The lowest BCUT2D eigenvalue weighted by molar-refractivity contribution is -0.00000424. The van der Waals surface area contributed by atoms with Crippen LogP contribution in [-0.2, 0) is 0 Å². The normalized spacial score (nSPS) is 10.2. The topological polar surface area (TPSA) is 65.4 Å². The summed E-state index contributed by atoms with van der Waals surface area (Å²) in [6.07, 6.45) is 0. The molecule has 0 fully saturated rings. The molecule has 0 amide bonds. The fourth-order valence-corrected chi connectivity index (χ4v) is 1.18. The van der Waals surface area contributed by atoms with Gasteiger partial charge in [-0.05, 0) is 19.1 Å². The maximum Gasteiger partial charge on any atom is 0.143 e. The molecule has 1 aromatic carbocycles. The number of hydrogen-bond acceptors (Lipinski definition) is 3. The summed E-state index contributed by atoms with van der Waals surface area (Å²) in [6.45, 7) is 1.61. The number of amidine groups is 1. The van der Waals surface area contributed by atoms with Gasteiger partial charge in [-0.1, -0.05) is 6.07 Å². The van der Waals surface area contributed by atoms with Crippen LogP contribution in [0.5, 0.6) is 0 Å². The Kier molecular flexibility index (Phi) is 5.74. The maximum absolute atomic E-state index is 13.2. The van der Waals surface area contributed by atoms with Gasteiger partial charge in [-0.15, -0.1) is 0 Å². The van der Waals surface area contributed by atoms with E-state index in [1.54, 1.807) is 26.1 Å². The number of benzene rings is 1. The minimum absolute atomic E-state index is 0. The van der Waals surface area contributed by atoms with Gasteiger partial charge in [0, 0.05) is 7.05 Å². The van der Waals surface area contributed by atoms with Crippen LogP contribution in [0, 0.1) is 17.1 Å². The molecule has 0 aliphatic carbocycles. The Morgan fingerprint density at radius 3 is 2.69 bits per heavy atom. The fourth-order valence-electron chi connectivity index (χ4n) is 1.18. The average molecular weight is 333 g/mol. The van der Waals surface area contributed by atoms with Crippen molar-refractivity contribution in [3.05, 3.63) is 29.6 Å². The zero-order chi connectivity index (χ0) is 11.4. The number of nitrogens with two attached hydrogens (primary N) is 1. The van der Waals surface area contributed by atoms with E-state index in [-0.39, 0.29) is 29.5 Å². The number of nitrogens with zero attached hydrogens (tertiary/aromatic N) is 3. The Bertz CT molecular complexity index is 435. The van der Waals surface area contributed by atoms with Crippen LogP contribution in [-0.4, -0.2) is 12.9 Å². The van der Waals surface area contributed by atoms with Gasteiger partial charge < -0.3 is 29.7 Å². The molecule has 6 heteroatoms. The smallest absolute Gasteiger partial charge is 0.143 e. The largest absolute Gasteiger partial charge is 1.00 e. The predicted octanol–water partition coefficient (Wildman–Crippen LogP) is -1.57. The number of halogens is 2. The van der Waals surface area contributed by atoms with Gasteiger partial charge in [0.1, 0.15) is 23.3 Å². The molecule has 0 aliphatic rings. The van der Waals surface area contributed by atoms with E-state index in [9.17, 15) is 4.39 Å².